The summed E-state index contributed by atoms with van der Waals surface area (Å²) in [5, 5.41) is 8.83. The lowest BCUT2D eigenvalue weighted by molar-refractivity contribution is 0.181. The van der Waals surface area contributed by atoms with Crippen LogP contribution in [0.25, 0.3) is 0 Å². The molecule has 1 aliphatic rings. The molecule has 0 radical (unpaired) electrons. The molecule has 1 N–H and O–H groups in total. The third-order valence-corrected chi connectivity index (χ3v) is 4.95. The van der Waals surface area contributed by atoms with Gasteiger partial charge in [-0.1, -0.05) is 37.8 Å². The minimum atomic E-state index is 0.370. The second-order valence-electron chi connectivity index (χ2n) is 5.95. The Kier molecular flexibility index (Phi) is 4.91. The van der Waals surface area contributed by atoms with E-state index in [4.69, 9.17) is 11.6 Å². The fraction of sp³-hybridized carbons (Fsp3) is 0.800. The number of hydrogen-bond donors (Lipinski definition) is 1. The second-order valence-corrected chi connectivity index (χ2v) is 6.33. The van der Waals surface area contributed by atoms with Crippen LogP contribution in [0.5, 0.6) is 0 Å². The lowest BCUT2D eigenvalue weighted by Crippen LogP contribution is -2.37. The molecule has 0 bridgehead atoms. The van der Waals surface area contributed by atoms with Gasteiger partial charge < -0.3 is 5.32 Å². The summed E-state index contributed by atoms with van der Waals surface area (Å²) in [6.07, 6.45) is 8.63. The van der Waals surface area contributed by atoms with Gasteiger partial charge in [0, 0.05) is 13.6 Å². The van der Waals surface area contributed by atoms with Crippen LogP contribution >= 0.6 is 11.6 Å². The molecule has 1 fully saturated rings. The van der Waals surface area contributed by atoms with Crippen LogP contribution in [0.3, 0.4) is 0 Å². The molecule has 19 heavy (non-hydrogen) atoms. The van der Waals surface area contributed by atoms with Crippen LogP contribution in [0.4, 0.5) is 0 Å². The van der Waals surface area contributed by atoms with Crippen LogP contribution < -0.4 is 5.32 Å². The molecule has 1 saturated carbocycles. The van der Waals surface area contributed by atoms with Crippen LogP contribution in [0.2, 0.25) is 5.02 Å². The van der Waals surface area contributed by atoms with Crippen LogP contribution in [0, 0.1) is 5.41 Å². The van der Waals surface area contributed by atoms with E-state index in [1.54, 1.807) is 0 Å². The van der Waals surface area contributed by atoms with Crippen molar-refractivity contribution in [3.05, 3.63) is 16.4 Å². The van der Waals surface area contributed by atoms with Crippen molar-refractivity contribution < 1.29 is 0 Å². The maximum absolute atomic E-state index is 6.51. The van der Waals surface area contributed by atoms with Crippen molar-refractivity contribution in [2.45, 2.75) is 51.9 Å². The van der Waals surface area contributed by atoms with E-state index in [1.807, 2.05) is 11.7 Å². The fourth-order valence-corrected chi connectivity index (χ4v) is 3.82. The van der Waals surface area contributed by atoms with E-state index in [2.05, 4.69) is 24.4 Å². The molecule has 0 atom stereocenters. The molecule has 1 aromatic heterocycles. The van der Waals surface area contributed by atoms with Gasteiger partial charge in [0.05, 0.1) is 16.4 Å². The van der Waals surface area contributed by atoms with E-state index >= 15 is 0 Å². The van der Waals surface area contributed by atoms with Gasteiger partial charge in [0.1, 0.15) is 0 Å². The Labute approximate surface area is 121 Å². The van der Waals surface area contributed by atoms with Crippen molar-refractivity contribution in [3.8, 4) is 0 Å². The first-order chi connectivity index (χ1) is 9.12. The molecule has 2 rings (SSSR count). The van der Waals surface area contributed by atoms with Gasteiger partial charge >= 0.3 is 0 Å². The fourth-order valence-electron chi connectivity index (χ4n) is 3.46. The van der Waals surface area contributed by atoms with Gasteiger partial charge in [0.2, 0.25) is 0 Å². The van der Waals surface area contributed by atoms with Gasteiger partial charge in [-0.05, 0) is 38.1 Å². The molecular formula is C15H26ClN3. The zero-order valence-corrected chi connectivity index (χ0v) is 13.2. The summed E-state index contributed by atoms with van der Waals surface area (Å²) in [7, 11) is 4.08. The monoisotopic (exact) mass is 283 g/mol. The predicted octanol–water partition coefficient (Wildman–Crippen LogP) is 3.35. The molecule has 108 valence electrons. The number of nitrogens with zero attached hydrogens (tertiary/aromatic N) is 2. The van der Waals surface area contributed by atoms with Gasteiger partial charge in [-0.25, -0.2) is 0 Å². The van der Waals surface area contributed by atoms with Crippen molar-refractivity contribution in [3.63, 3.8) is 0 Å². The molecule has 0 spiro atoms. The average Bonchev–Trinajstić information content (AvgIpc) is 2.67. The van der Waals surface area contributed by atoms with E-state index in [0.29, 0.717) is 5.41 Å². The molecule has 4 heteroatoms. The van der Waals surface area contributed by atoms with E-state index in [-0.39, 0.29) is 0 Å². The minimum Gasteiger partial charge on any atom is -0.319 e. The highest BCUT2D eigenvalue weighted by atomic mass is 35.5. The SMILES string of the molecule is CCc1nn(C)c(CC2(CNC)CCCCC2)c1Cl. The summed E-state index contributed by atoms with van der Waals surface area (Å²) in [5.41, 5.74) is 2.63. The zero-order valence-electron chi connectivity index (χ0n) is 12.4. The topological polar surface area (TPSA) is 29.9 Å². The van der Waals surface area contributed by atoms with Crippen molar-refractivity contribution in [1.29, 1.82) is 0 Å². The summed E-state index contributed by atoms with van der Waals surface area (Å²) >= 11 is 6.51. The Morgan fingerprint density at radius 2 is 2.00 bits per heavy atom. The normalized spacial score (nSPS) is 18.7. The number of rotatable bonds is 5. The molecular weight excluding hydrogens is 258 g/mol. The molecule has 0 saturated heterocycles. The Hall–Kier alpha value is -0.540. The highest BCUT2D eigenvalue weighted by molar-refractivity contribution is 6.31. The lowest BCUT2D eigenvalue weighted by Gasteiger charge is -2.37. The first kappa shape index (κ1) is 14.9. The summed E-state index contributed by atoms with van der Waals surface area (Å²) in [6.45, 7) is 3.19. The van der Waals surface area contributed by atoms with Gasteiger partial charge in [-0.3, -0.25) is 4.68 Å². The van der Waals surface area contributed by atoms with Gasteiger partial charge in [0.25, 0.3) is 0 Å². The van der Waals surface area contributed by atoms with Gasteiger partial charge in [-0.2, -0.15) is 5.10 Å². The van der Waals surface area contributed by atoms with Crippen LogP contribution in [0.1, 0.15) is 50.4 Å². The van der Waals surface area contributed by atoms with Gasteiger partial charge in [0.15, 0.2) is 0 Å². The minimum absolute atomic E-state index is 0.370. The largest absolute Gasteiger partial charge is 0.319 e. The number of halogens is 1. The van der Waals surface area contributed by atoms with Crippen molar-refractivity contribution in [1.82, 2.24) is 15.1 Å². The number of hydrogen-bond acceptors (Lipinski definition) is 2. The Bertz CT molecular complexity index is 414. The Balaban J connectivity index is 2.23. The standard InChI is InChI=1S/C15H26ClN3/c1-4-12-14(16)13(19(3)18-12)10-15(11-17-2)8-6-5-7-9-15/h17H,4-11H2,1-3H3. The molecule has 3 nitrogen and oxygen atoms in total. The quantitative estimate of drug-likeness (QED) is 0.898. The highest BCUT2D eigenvalue weighted by Gasteiger charge is 2.33. The van der Waals surface area contributed by atoms with Crippen LogP contribution in [-0.4, -0.2) is 23.4 Å². The van der Waals surface area contributed by atoms with Crippen LogP contribution in [0.15, 0.2) is 0 Å². The molecule has 0 amide bonds. The van der Waals surface area contributed by atoms with E-state index in [9.17, 15) is 0 Å². The second kappa shape index (κ2) is 6.27. The predicted molar refractivity (Wildman–Crippen MR) is 80.7 cm³/mol. The summed E-state index contributed by atoms with van der Waals surface area (Å²) in [4.78, 5) is 0. The third-order valence-electron chi connectivity index (χ3n) is 4.51. The van der Waals surface area contributed by atoms with Crippen molar-refractivity contribution in [2.75, 3.05) is 13.6 Å². The third kappa shape index (κ3) is 3.14. The van der Waals surface area contributed by atoms with Crippen molar-refractivity contribution in [2.24, 2.45) is 12.5 Å². The van der Waals surface area contributed by atoms with Crippen molar-refractivity contribution >= 4 is 11.6 Å². The van der Waals surface area contributed by atoms with Crippen LogP contribution in [-0.2, 0) is 19.9 Å². The summed E-state index contributed by atoms with van der Waals surface area (Å²) in [5.74, 6) is 0. The zero-order chi connectivity index (χ0) is 13.9. The Morgan fingerprint density at radius 1 is 1.32 bits per heavy atom. The molecule has 1 aromatic rings. The lowest BCUT2D eigenvalue weighted by atomic mass is 9.71. The van der Waals surface area contributed by atoms with E-state index in [1.165, 1.54) is 37.8 Å². The molecule has 0 aromatic carbocycles. The van der Waals surface area contributed by atoms with Gasteiger partial charge in [-0.15, -0.1) is 0 Å². The Morgan fingerprint density at radius 3 is 2.53 bits per heavy atom. The molecule has 1 aliphatic carbocycles. The molecule has 0 aliphatic heterocycles. The summed E-state index contributed by atoms with van der Waals surface area (Å²) < 4.78 is 1.99. The first-order valence-electron chi connectivity index (χ1n) is 7.47. The number of nitrogens with one attached hydrogen (secondary N) is 1. The van der Waals surface area contributed by atoms with E-state index in [0.717, 1.165) is 30.1 Å². The highest BCUT2D eigenvalue weighted by Crippen LogP contribution is 2.40. The number of aryl methyl sites for hydroxylation is 2. The molecule has 0 unspecified atom stereocenters. The van der Waals surface area contributed by atoms with E-state index < -0.39 is 0 Å². The first-order valence-corrected chi connectivity index (χ1v) is 7.84. The number of aromatic nitrogens is 2. The maximum Gasteiger partial charge on any atom is 0.0849 e. The summed E-state index contributed by atoms with van der Waals surface area (Å²) in [6, 6.07) is 0. The molecule has 1 heterocycles. The average molecular weight is 284 g/mol. The maximum atomic E-state index is 6.51. The smallest absolute Gasteiger partial charge is 0.0849 e.